The van der Waals surface area contributed by atoms with E-state index in [2.05, 4.69) is 15.4 Å². The number of carboxylic acids is 2. The quantitative estimate of drug-likeness (QED) is 0.0117. The molecule has 0 saturated heterocycles. The third-order valence-corrected chi connectivity index (χ3v) is 11.3. The third kappa shape index (κ3) is 24.3. The lowest BCUT2D eigenvalue weighted by molar-refractivity contribution is -0.150. The van der Waals surface area contributed by atoms with E-state index in [4.69, 9.17) is 44.6 Å². The number of aliphatic carboxylic acids is 2. The molecule has 0 aromatic rings. The number of carbonyl (C=O) groups excluding carboxylic acids is 17. The summed E-state index contributed by atoms with van der Waals surface area (Å²) in [5.74, 6) is -25.4. The first kappa shape index (κ1) is 75.2. The monoisotopic (exact) mass is 1200 g/mol. The summed E-state index contributed by atoms with van der Waals surface area (Å²) >= 11 is 0. The Hall–Kier alpha value is -8.79. The van der Waals surface area contributed by atoms with Gasteiger partial charge in [-0.2, -0.15) is 0 Å². The molecule has 24 N–H and O–H groups in total. The van der Waals surface area contributed by atoms with Gasteiger partial charge in [-0.25, -0.2) is 4.79 Å². The van der Waals surface area contributed by atoms with Gasteiger partial charge in [-0.15, -0.1) is 0 Å². The van der Waals surface area contributed by atoms with Crippen LogP contribution in [-0.2, 0) is 95.8 Å². The van der Waals surface area contributed by atoms with Gasteiger partial charge in [0.25, 0.3) is 41.4 Å². The number of carbonyl (C=O) groups is 19. The van der Waals surface area contributed by atoms with E-state index in [1.54, 1.807) is 0 Å². The number of hydrogen-bond acceptors (Lipinski definition) is 28. The Morgan fingerprint density at radius 1 is 0.429 bits per heavy atom. The van der Waals surface area contributed by atoms with Gasteiger partial charge in [0, 0.05) is 19.8 Å². The third-order valence-electron chi connectivity index (χ3n) is 11.3. The van der Waals surface area contributed by atoms with E-state index in [0.717, 1.165) is 48.7 Å². The van der Waals surface area contributed by atoms with Crippen LogP contribution in [0.5, 0.6) is 0 Å². The summed E-state index contributed by atoms with van der Waals surface area (Å²) in [6.07, 6.45) is -7.42. The molecule has 84 heavy (non-hydrogen) atoms. The zero-order chi connectivity index (χ0) is 65.2. The van der Waals surface area contributed by atoms with Gasteiger partial charge in [-0.05, 0) is 47.5 Å². The molecule has 0 aliphatic rings. The maximum atomic E-state index is 14.2. The second kappa shape index (κ2) is 35.9. The average Bonchev–Trinajstić information content (AvgIpc) is 3.43. The summed E-state index contributed by atoms with van der Waals surface area (Å²) in [4.78, 5) is 248. The van der Waals surface area contributed by atoms with Crippen molar-refractivity contribution in [2.45, 2.75) is 158 Å². The van der Waals surface area contributed by atoms with Gasteiger partial charge >= 0.3 is 17.9 Å². The van der Waals surface area contributed by atoms with Crippen molar-refractivity contribution < 1.29 is 106 Å². The number of ether oxygens (including phenoxy) is 1. The second-order valence-corrected chi connectivity index (χ2v) is 18.6. The first-order valence-corrected chi connectivity index (χ1v) is 25.0. The number of amides is 8. The SMILES string of the molecule is COC(=O)[C@H](NC(=O)[C@H](NC(=O)[C@H](NC(=O)[C@H](NC(=O)[C@@H](NC(=O)[C@@H](NC(=O)[C@H](NC(=O)[C@@H](NC(C)=O)C(=O)CN)C(=O)[C@@H](N)CCC(=O)O)N[C@@H](C)C=O)C(=O)[C@H](C)N)N[C@@H](C)C=O)C(=O)[C@H](C)N)C(=O)[C@@H](N)CCC(=O)O)C(=O)[C@H](C)N. The van der Waals surface area contributed by atoms with E-state index < -0.39 is 223 Å². The molecule has 0 aliphatic heterocycles. The number of rotatable bonds is 40. The van der Waals surface area contributed by atoms with Gasteiger partial charge in [-0.3, -0.25) is 87.3 Å². The Bertz CT molecular complexity index is 2540. The average molecular weight is 1200 g/mol. The molecule has 0 heterocycles. The number of methoxy groups -OCH3 is 1. The zero-order valence-corrected chi connectivity index (χ0v) is 46.4. The Balaban J connectivity index is 7.62. The van der Waals surface area contributed by atoms with Crippen LogP contribution in [0.2, 0.25) is 0 Å². The van der Waals surface area contributed by atoms with E-state index in [0.29, 0.717) is 0 Å². The Labute approximate surface area is 476 Å². The first-order chi connectivity index (χ1) is 38.9. The highest BCUT2D eigenvalue weighted by molar-refractivity contribution is 6.18. The van der Waals surface area contributed by atoms with Crippen LogP contribution in [0.3, 0.4) is 0 Å². The standard InChI is InChI=1S/C46H72N16O22/c1-15(13-63)53-37(44(81)58-27(32(71)17(3)48)40(77)57-29(35(74)21(51)8-10-24(67)68)41(78)60-31(46(83)84-7)34(73)19(5)50)61-42(79)28(33(72)18(4)49)59-45(82)38(54-16(2)14-64)62-43(80)30(36(75)22(52)9-11-25(69)70)56-39(76)26(23(66)12-47)55-20(6)65/h13-19,21-22,26-31,37-38,53-54H,8-12,47-52H2,1-7H3,(H,55,65)(H,56,76)(H,57,77)(H,58,81)(H,59,82)(H,60,78)(H,61,79)(H,62,80)(H,67,68)(H,69,70)/t15-,16-,17-,18-,19-,21-,22-,26-,27+,28-,29+,30+,31+,37-,38+/m0/s1. The van der Waals surface area contributed by atoms with E-state index in [1.807, 2.05) is 42.5 Å². The van der Waals surface area contributed by atoms with Gasteiger partial charge in [0.05, 0.1) is 55.9 Å². The van der Waals surface area contributed by atoms with Crippen molar-refractivity contribution in [3.63, 3.8) is 0 Å². The van der Waals surface area contributed by atoms with Crippen molar-refractivity contribution in [3.8, 4) is 0 Å². The Morgan fingerprint density at radius 2 is 0.714 bits per heavy atom. The Morgan fingerprint density at radius 3 is 1.00 bits per heavy atom. The predicted octanol–water partition coefficient (Wildman–Crippen LogP) is -12.9. The topological polar surface area (TPSA) is 650 Å². The van der Waals surface area contributed by atoms with Crippen molar-refractivity contribution in [1.29, 1.82) is 0 Å². The maximum absolute atomic E-state index is 14.2. The number of esters is 1. The summed E-state index contributed by atoms with van der Waals surface area (Å²) in [7, 11) is 0.795. The lowest BCUT2D eigenvalue weighted by Gasteiger charge is -2.29. The number of nitrogens with one attached hydrogen (secondary N) is 10. The van der Waals surface area contributed by atoms with Crippen molar-refractivity contribution >= 4 is 112 Å². The van der Waals surface area contributed by atoms with E-state index in [9.17, 15) is 91.1 Å². The van der Waals surface area contributed by atoms with Crippen molar-refractivity contribution in [2.75, 3.05) is 13.7 Å². The molecule has 38 heteroatoms. The maximum Gasteiger partial charge on any atom is 0.336 e. The zero-order valence-electron chi connectivity index (χ0n) is 46.4. The van der Waals surface area contributed by atoms with E-state index in [-0.39, 0.29) is 12.6 Å². The first-order valence-electron chi connectivity index (χ1n) is 25.0. The number of nitrogens with two attached hydrogens (primary N) is 6. The summed E-state index contributed by atoms with van der Waals surface area (Å²) in [6.45, 7) is 5.22. The van der Waals surface area contributed by atoms with Crippen LogP contribution < -0.4 is 87.6 Å². The van der Waals surface area contributed by atoms with E-state index >= 15 is 0 Å². The number of aldehydes is 2. The minimum absolute atomic E-state index is 0.138. The van der Waals surface area contributed by atoms with Gasteiger partial charge in [0.2, 0.25) is 5.91 Å². The van der Waals surface area contributed by atoms with Gasteiger partial charge < -0.3 is 101 Å². The van der Waals surface area contributed by atoms with Crippen molar-refractivity contribution in [3.05, 3.63) is 0 Å². The molecule has 0 spiro atoms. The van der Waals surface area contributed by atoms with Crippen LogP contribution >= 0.6 is 0 Å². The number of hydrogen-bond donors (Lipinski definition) is 18. The van der Waals surface area contributed by atoms with Gasteiger partial charge in [0.15, 0.2) is 83.3 Å². The molecule has 0 aliphatic carbocycles. The summed E-state index contributed by atoms with van der Waals surface area (Å²) in [6, 6.07) is -26.5. The summed E-state index contributed by atoms with van der Waals surface area (Å²) in [5, 5.41) is 37.9. The van der Waals surface area contributed by atoms with Crippen LogP contribution in [0, 0.1) is 0 Å². The minimum atomic E-state index is -2.63. The highest BCUT2D eigenvalue weighted by Crippen LogP contribution is 2.07. The number of Topliss-reactive ketones (excluding diaryl/α,β-unsaturated/α-hetero) is 6. The molecule has 0 rings (SSSR count). The van der Waals surface area contributed by atoms with Crippen LogP contribution in [0.25, 0.3) is 0 Å². The molecule has 468 valence electrons. The van der Waals surface area contributed by atoms with Crippen LogP contribution in [0.4, 0.5) is 0 Å². The molecular formula is C46H72N16O22. The molecule has 0 radical (unpaired) electrons. The minimum Gasteiger partial charge on any atom is -0.481 e. The molecule has 8 amide bonds. The molecule has 0 fully saturated rings. The fraction of sp³-hybridized carbons (Fsp3) is 0.587. The van der Waals surface area contributed by atoms with Crippen LogP contribution in [0.1, 0.15) is 67.2 Å². The number of ketones is 6. The van der Waals surface area contributed by atoms with Crippen LogP contribution in [0.15, 0.2) is 0 Å². The lowest BCUT2D eigenvalue weighted by atomic mass is 9.98. The largest absolute Gasteiger partial charge is 0.481 e. The van der Waals surface area contributed by atoms with Gasteiger partial charge in [0.1, 0.15) is 12.6 Å². The normalized spacial score (nSPS) is 16.3. The molecular weight excluding hydrogens is 1130 g/mol. The molecule has 15 atom stereocenters. The molecule has 0 aromatic carbocycles. The fourth-order valence-corrected chi connectivity index (χ4v) is 6.65. The Kier molecular flexibility index (Phi) is 32.2. The van der Waals surface area contributed by atoms with Gasteiger partial charge in [-0.1, -0.05) is 0 Å². The van der Waals surface area contributed by atoms with Crippen LogP contribution in [-0.4, -0.2) is 227 Å². The predicted molar refractivity (Wildman–Crippen MR) is 280 cm³/mol. The fourth-order valence-electron chi connectivity index (χ4n) is 6.65. The highest BCUT2D eigenvalue weighted by atomic mass is 16.5. The summed E-state index contributed by atoms with van der Waals surface area (Å²) in [5.41, 5.74) is 34.2. The molecule has 0 aromatic heterocycles. The number of carboxylic acid groups (broad SMARTS) is 2. The molecule has 0 unspecified atom stereocenters. The second-order valence-electron chi connectivity index (χ2n) is 18.6. The molecule has 38 nitrogen and oxygen atoms in total. The highest BCUT2D eigenvalue weighted by Gasteiger charge is 2.43. The van der Waals surface area contributed by atoms with Crippen molar-refractivity contribution in [2.24, 2.45) is 34.4 Å². The van der Waals surface area contributed by atoms with E-state index in [1.165, 1.54) is 0 Å². The van der Waals surface area contributed by atoms with Crippen molar-refractivity contribution in [1.82, 2.24) is 53.2 Å². The lowest BCUT2D eigenvalue weighted by Crippen LogP contribution is -2.68. The molecule has 0 bridgehead atoms. The smallest absolute Gasteiger partial charge is 0.336 e. The summed E-state index contributed by atoms with van der Waals surface area (Å²) < 4.78 is 4.52. The molecule has 0 saturated carbocycles.